The number of carboxylic acids is 2. The molecular formula is C16H22O6. The minimum atomic E-state index is -1.27. The average molecular weight is 310 g/mol. The first-order chi connectivity index (χ1) is 10.3. The van der Waals surface area contributed by atoms with E-state index >= 15 is 0 Å². The second kappa shape index (κ2) is 4.23. The third-order valence-electron chi connectivity index (χ3n) is 6.84. The highest BCUT2D eigenvalue weighted by Gasteiger charge is 2.74. The van der Waals surface area contributed by atoms with Crippen molar-refractivity contribution >= 4 is 11.9 Å². The van der Waals surface area contributed by atoms with Gasteiger partial charge in [-0.15, -0.1) is 0 Å². The lowest BCUT2D eigenvalue weighted by Crippen LogP contribution is -2.62. The molecule has 2 heterocycles. The molecule has 2 saturated carbocycles. The van der Waals surface area contributed by atoms with Gasteiger partial charge in [-0.05, 0) is 37.5 Å². The molecule has 2 aliphatic heterocycles. The Hall–Kier alpha value is -1.14. The van der Waals surface area contributed by atoms with Crippen LogP contribution in [0.25, 0.3) is 0 Å². The quantitative estimate of drug-likeness (QED) is 0.767. The standard InChI is InChI=1S/C16H22O6/c1-7-3-9-11(21-9)5-15(7,13(17)18)16(14(19)20)6-12-10(22-12)4-8(16)2/h7-12H,3-6H2,1-2H3,(H,17,18)(H,19,20). The van der Waals surface area contributed by atoms with Gasteiger partial charge in [-0.1, -0.05) is 13.8 Å². The third kappa shape index (κ3) is 1.57. The number of hydrogen-bond acceptors (Lipinski definition) is 4. The average Bonchev–Trinajstić information content (AvgIpc) is 3.31. The van der Waals surface area contributed by atoms with Gasteiger partial charge < -0.3 is 19.7 Å². The molecule has 0 amide bonds. The molecule has 6 heteroatoms. The maximum Gasteiger partial charge on any atom is 0.311 e. The van der Waals surface area contributed by atoms with Crippen LogP contribution in [0.4, 0.5) is 0 Å². The number of fused-ring (bicyclic) bond motifs is 2. The SMILES string of the molecule is CC1CC2OC2CC1(C(=O)O)C1(C(=O)O)CC2OC2CC1C. The number of carboxylic acid groups (broad SMARTS) is 2. The van der Waals surface area contributed by atoms with Crippen LogP contribution in [0.5, 0.6) is 0 Å². The molecule has 6 nitrogen and oxygen atoms in total. The van der Waals surface area contributed by atoms with Gasteiger partial charge in [0.25, 0.3) is 0 Å². The van der Waals surface area contributed by atoms with Crippen LogP contribution in [0, 0.1) is 22.7 Å². The van der Waals surface area contributed by atoms with Gasteiger partial charge >= 0.3 is 11.9 Å². The Bertz CT molecular complexity index is 499. The van der Waals surface area contributed by atoms with Crippen LogP contribution >= 0.6 is 0 Å². The van der Waals surface area contributed by atoms with E-state index in [0.29, 0.717) is 25.7 Å². The molecule has 4 aliphatic rings. The molecule has 2 aliphatic carbocycles. The van der Waals surface area contributed by atoms with Crippen molar-refractivity contribution in [2.24, 2.45) is 22.7 Å². The number of carbonyl (C=O) groups is 2. The fraction of sp³-hybridized carbons (Fsp3) is 0.875. The van der Waals surface area contributed by atoms with Gasteiger partial charge in [0.15, 0.2) is 0 Å². The Kier molecular flexibility index (Phi) is 2.78. The van der Waals surface area contributed by atoms with Crippen LogP contribution in [-0.2, 0) is 19.1 Å². The summed E-state index contributed by atoms with van der Waals surface area (Å²) in [6, 6.07) is 0. The van der Waals surface area contributed by atoms with E-state index in [1.165, 1.54) is 0 Å². The molecule has 2 N–H and O–H groups in total. The van der Waals surface area contributed by atoms with E-state index in [1.54, 1.807) is 0 Å². The van der Waals surface area contributed by atoms with Crippen molar-refractivity contribution < 1.29 is 29.3 Å². The summed E-state index contributed by atoms with van der Waals surface area (Å²) < 4.78 is 11.1. The van der Waals surface area contributed by atoms with Crippen molar-refractivity contribution in [3.63, 3.8) is 0 Å². The number of epoxide rings is 2. The predicted octanol–water partition coefficient (Wildman–Crippen LogP) is 1.52. The van der Waals surface area contributed by atoms with E-state index in [2.05, 4.69) is 0 Å². The Morgan fingerprint density at radius 2 is 1.18 bits per heavy atom. The van der Waals surface area contributed by atoms with Gasteiger partial charge in [-0.25, -0.2) is 0 Å². The summed E-state index contributed by atoms with van der Waals surface area (Å²) in [5.41, 5.74) is -2.54. The molecule has 0 aromatic heterocycles. The molecule has 0 bridgehead atoms. The number of rotatable bonds is 3. The molecule has 122 valence electrons. The minimum absolute atomic E-state index is 0.0893. The van der Waals surface area contributed by atoms with Gasteiger partial charge in [0, 0.05) is 0 Å². The van der Waals surface area contributed by atoms with Crippen LogP contribution < -0.4 is 0 Å². The monoisotopic (exact) mass is 310 g/mol. The summed E-state index contributed by atoms with van der Waals surface area (Å²) in [6.45, 7) is 3.76. The number of ether oxygens (including phenoxy) is 2. The van der Waals surface area contributed by atoms with Gasteiger partial charge in [0.05, 0.1) is 35.2 Å². The van der Waals surface area contributed by atoms with Crippen molar-refractivity contribution in [1.29, 1.82) is 0 Å². The van der Waals surface area contributed by atoms with Gasteiger partial charge in [0.1, 0.15) is 0 Å². The Morgan fingerprint density at radius 1 is 0.818 bits per heavy atom. The van der Waals surface area contributed by atoms with Crippen LogP contribution in [0.3, 0.4) is 0 Å². The first-order valence-corrected chi connectivity index (χ1v) is 8.10. The van der Waals surface area contributed by atoms with E-state index in [9.17, 15) is 19.8 Å². The molecule has 22 heavy (non-hydrogen) atoms. The molecule has 4 fully saturated rings. The molecule has 2 saturated heterocycles. The summed E-state index contributed by atoms with van der Waals surface area (Å²) in [5.74, 6) is -2.41. The highest BCUT2D eigenvalue weighted by Crippen LogP contribution is 2.66. The van der Waals surface area contributed by atoms with Crippen molar-refractivity contribution in [1.82, 2.24) is 0 Å². The summed E-state index contributed by atoms with van der Waals surface area (Å²) in [4.78, 5) is 24.7. The van der Waals surface area contributed by atoms with E-state index < -0.39 is 22.8 Å². The van der Waals surface area contributed by atoms with Crippen LogP contribution in [-0.4, -0.2) is 46.6 Å². The van der Waals surface area contributed by atoms with Gasteiger partial charge in [-0.3, -0.25) is 9.59 Å². The zero-order valence-electron chi connectivity index (χ0n) is 12.8. The maximum absolute atomic E-state index is 12.4. The summed E-state index contributed by atoms with van der Waals surface area (Å²) in [6.07, 6.45) is 1.95. The molecule has 4 rings (SSSR count). The molecule has 0 aromatic rings. The van der Waals surface area contributed by atoms with E-state index in [0.717, 1.165) is 0 Å². The first-order valence-electron chi connectivity index (χ1n) is 8.10. The van der Waals surface area contributed by atoms with E-state index in [-0.39, 0.29) is 36.3 Å². The largest absolute Gasteiger partial charge is 0.481 e. The van der Waals surface area contributed by atoms with E-state index in [1.807, 2.05) is 13.8 Å². The normalized spacial score (nSPS) is 55.7. The minimum Gasteiger partial charge on any atom is -0.481 e. The first kappa shape index (κ1) is 14.5. The van der Waals surface area contributed by atoms with E-state index in [4.69, 9.17) is 9.47 Å². The van der Waals surface area contributed by atoms with Crippen molar-refractivity contribution in [2.45, 2.75) is 63.9 Å². The molecule has 8 unspecified atom stereocenters. The Labute approximate surface area is 128 Å². The molecular weight excluding hydrogens is 288 g/mol. The van der Waals surface area contributed by atoms with Crippen molar-refractivity contribution in [3.8, 4) is 0 Å². The molecule has 0 spiro atoms. The molecule has 0 aromatic carbocycles. The third-order valence-corrected chi connectivity index (χ3v) is 6.84. The van der Waals surface area contributed by atoms with Crippen LogP contribution in [0.1, 0.15) is 39.5 Å². The summed E-state index contributed by atoms with van der Waals surface area (Å²) in [5, 5.41) is 20.2. The fourth-order valence-corrected chi connectivity index (χ4v) is 5.49. The fourth-order valence-electron chi connectivity index (χ4n) is 5.49. The zero-order chi connectivity index (χ0) is 15.9. The van der Waals surface area contributed by atoms with Crippen molar-refractivity contribution in [2.75, 3.05) is 0 Å². The van der Waals surface area contributed by atoms with Gasteiger partial charge in [0.2, 0.25) is 0 Å². The van der Waals surface area contributed by atoms with Gasteiger partial charge in [-0.2, -0.15) is 0 Å². The second-order valence-corrected chi connectivity index (χ2v) is 7.66. The lowest BCUT2D eigenvalue weighted by Gasteiger charge is -2.53. The predicted molar refractivity (Wildman–Crippen MR) is 74.3 cm³/mol. The Morgan fingerprint density at radius 3 is 1.50 bits per heavy atom. The van der Waals surface area contributed by atoms with Crippen LogP contribution in [0.15, 0.2) is 0 Å². The highest BCUT2D eigenvalue weighted by molar-refractivity contribution is 5.88. The zero-order valence-corrected chi connectivity index (χ0v) is 12.8. The maximum atomic E-state index is 12.4. The molecule has 0 radical (unpaired) electrons. The number of aliphatic carboxylic acids is 2. The number of hydrogen-bond donors (Lipinski definition) is 2. The van der Waals surface area contributed by atoms with Crippen molar-refractivity contribution in [3.05, 3.63) is 0 Å². The lowest BCUT2D eigenvalue weighted by molar-refractivity contribution is -0.193. The summed E-state index contributed by atoms with van der Waals surface area (Å²) >= 11 is 0. The second-order valence-electron chi connectivity index (χ2n) is 7.66. The van der Waals surface area contributed by atoms with Crippen LogP contribution in [0.2, 0.25) is 0 Å². The topological polar surface area (TPSA) is 99.7 Å². The lowest BCUT2D eigenvalue weighted by atomic mass is 9.46. The highest BCUT2D eigenvalue weighted by atomic mass is 16.6. The molecule has 8 atom stereocenters. The Balaban J connectivity index is 1.84. The smallest absolute Gasteiger partial charge is 0.311 e. The summed E-state index contributed by atoms with van der Waals surface area (Å²) in [7, 11) is 0.